The van der Waals surface area contributed by atoms with Crippen molar-refractivity contribution in [2.75, 3.05) is 7.11 Å². The van der Waals surface area contributed by atoms with Gasteiger partial charge in [-0.1, -0.05) is 84.9 Å². The van der Waals surface area contributed by atoms with Crippen molar-refractivity contribution < 1.29 is 4.74 Å². The van der Waals surface area contributed by atoms with Crippen LogP contribution < -0.4 is 4.74 Å². The van der Waals surface area contributed by atoms with Crippen LogP contribution in [0.25, 0.3) is 39.7 Å². The second-order valence-electron chi connectivity index (χ2n) is 7.46. The summed E-state index contributed by atoms with van der Waals surface area (Å²) in [4.78, 5) is 0. The monoisotopic (exact) mass is 401 g/mol. The van der Waals surface area contributed by atoms with Crippen molar-refractivity contribution in [1.82, 2.24) is 4.57 Å². The predicted octanol–water partition coefficient (Wildman–Crippen LogP) is 7.51. The highest BCUT2D eigenvalue weighted by Gasteiger charge is 2.12. The molecule has 0 N–H and O–H groups in total. The molecule has 0 atom stereocenters. The van der Waals surface area contributed by atoms with Gasteiger partial charge in [-0.3, -0.25) is 0 Å². The topological polar surface area (TPSA) is 14.2 Å². The number of rotatable bonds is 5. The second-order valence-corrected chi connectivity index (χ2v) is 7.46. The molecule has 1 heterocycles. The fourth-order valence-corrected chi connectivity index (χ4v) is 4.00. The van der Waals surface area contributed by atoms with Gasteiger partial charge in [-0.25, -0.2) is 0 Å². The third-order valence-corrected chi connectivity index (χ3v) is 5.51. The van der Waals surface area contributed by atoms with Crippen molar-refractivity contribution in [3.05, 3.63) is 120 Å². The summed E-state index contributed by atoms with van der Waals surface area (Å²) >= 11 is 0. The Morgan fingerprint density at radius 2 is 1.23 bits per heavy atom. The number of ether oxygens (including phenoxy) is 1. The Kier molecular flexibility index (Phi) is 5.12. The quantitative estimate of drug-likeness (QED) is 0.278. The summed E-state index contributed by atoms with van der Waals surface area (Å²) in [6.07, 6.45) is 6.58. The van der Waals surface area contributed by atoms with Gasteiger partial charge in [0.05, 0.1) is 18.1 Å². The molecule has 0 aliphatic heterocycles. The van der Waals surface area contributed by atoms with E-state index in [2.05, 4.69) is 108 Å². The molecule has 5 aromatic rings. The molecule has 5 rings (SSSR count). The van der Waals surface area contributed by atoms with Crippen LogP contribution in [0.15, 0.2) is 109 Å². The third-order valence-electron chi connectivity index (χ3n) is 5.51. The first-order valence-corrected chi connectivity index (χ1v) is 10.4. The molecule has 0 radical (unpaired) electrons. The smallest absolute Gasteiger partial charge is 0.118 e. The van der Waals surface area contributed by atoms with Crippen LogP contribution in [0.5, 0.6) is 5.75 Å². The zero-order valence-electron chi connectivity index (χ0n) is 17.4. The van der Waals surface area contributed by atoms with E-state index in [4.69, 9.17) is 4.74 Å². The molecule has 0 saturated heterocycles. The molecule has 2 nitrogen and oxygen atoms in total. The van der Waals surface area contributed by atoms with Crippen molar-refractivity contribution >= 4 is 39.7 Å². The largest absolute Gasteiger partial charge is 0.497 e. The van der Waals surface area contributed by atoms with Crippen LogP contribution in [0.1, 0.15) is 11.1 Å². The van der Waals surface area contributed by atoms with E-state index in [1.54, 1.807) is 7.11 Å². The van der Waals surface area contributed by atoms with Gasteiger partial charge in [0.2, 0.25) is 0 Å². The first kappa shape index (κ1) is 19.0. The molecule has 0 saturated carbocycles. The average Bonchev–Trinajstić information content (AvgIpc) is 3.17. The molecule has 0 aliphatic carbocycles. The van der Waals surface area contributed by atoms with Gasteiger partial charge in [-0.2, -0.15) is 0 Å². The van der Waals surface area contributed by atoms with Gasteiger partial charge >= 0.3 is 0 Å². The SMILES string of the molecule is COc1ccc(/C=C(/C=C/c2ccccc2)n2c3ccccc3c3ccccc32)cc1. The Morgan fingerprint density at radius 1 is 0.645 bits per heavy atom. The Hall–Kier alpha value is -4.04. The summed E-state index contributed by atoms with van der Waals surface area (Å²) in [5.41, 5.74) is 5.79. The number of fused-ring (bicyclic) bond motifs is 3. The lowest BCUT2D eigenvalue weighted by Gasteiger charge is -2.10. The van der Waals surface area contributed by atoms with E-state index in [9.17, 15) is 0 Å². The summed E-state index contributed by atoms with van der Waals surface area (Å²) in [6.45, 7) is 0. The Bertz CT molecular complexity index is 1340. The lowest BCUT2D eigenvalue weighted by Crippen LogP contribution is -1.95. The van der Waals surface area contributed by atoms with Crippen LogP contribution in [-0.4, -0.2) is 11.7 Å². The number of para-hydroxylation sites is 2. The first-order chi connectivity index (χ1) is 15.3. The summed E-state index contributed by atoms with van der Waals surface area (Å²) in [5.74, 6) is 0.857. The molecule has 0 spiro atoms. The summed E-state index contributed by atoms with van der Waals surface area (Å²) in [6, 6.07) is 35.7. The minimum absolute atomic E-state index is 0.857. The minimum atomic E-state index is 0.857. The maximum Gasteiger partial charge on any atom is 0.118 e. The van der Waals surface area contributed by atoms with Gasteiger partial charge in [0.25, 0.3) is 0 Å². The van der Waals surface area contributed by atoms with Gasteiger partial charge in [0.15, 0.2) is 0 Å². The van der Waals surface area contributed by atoms with Gasteiger partial charge < -0.3 is 9.30 Å². The predicted molar refractivity (Wildman–Crippen MR) is 132 cm³/mol. The Morgan fingerprint density at radius 3 is 1.84 bits per heavy atom. The van der Waals surface area contributed by atoms with Crippen LogP contribution in [0, 0.1) is 0 Å². The van der Waals surface area contributed by atoms with Gasteiger partial charge in [0, 0.05) is 16.5 Å². The highest BCUT2D eigenvalue weighted by atomic mass is 16.5. The van der Waals surface area contributed by atoms with Gasteiger partial charge in [0.1, 0.15) is 5.75 Å². The summed E-state index contributed by atoms with van der Waals surface area (Å²) in [7, 11) is 1.69. The maximum atomic E-state index is 5.33. The molecule has 0 fully saturated rings. The van der Waals surface area contributed by atoms with Crippen LogP contribution in [0.3, 0.4) is 0 Å². The van der Waals surface area contributed by atoms with E-state index < -0.39 is 0 Å². The molecular formula is C29H23NO. The molecule has 0 amide bonds. The molecular weight excluding hydrogens is 378 g/mol. The number of aromatic nitrogens is 1. The van der Waals surface area contributed by atoms with E-state index >= 15 is 0 Å². The van der Waals surface area contributed by atoms with Crippen LogP contribution >= 0.6 is 0 Å². The normalized spacial score (nSPS) is 12.1. The number of hydrogen-bond donors (Lipinski definition) is 0. The Labute approximate surface area is 182 Å². The fraction of sp³-hybridized carbons (Fsp3) is 0.0345. The zero-order valence-corrected chi connectivity index (χ0v) is 17.4. The molecule has 1 aromatic heterocycles. The van der Waals surface area contributed by atoms with Crippen molar-refractivity contribution in [2.45, 2.75) is 0 Å². The van der Waals surface area contributed by atoms with Gasteiger partial charge in [-0.05, 0) is 47.5 Å². The van der Waals surface area contributed by atoms with Crippen LogP contribution in [0.2, 0.25) is 0 Å². The zero-order chi connectivity index (χ0) is 21.0. The van der Waals surface area contributed by atoms with Crippen LogP contribution in [0.4, 0.5) is 0 Å². The minimum Gasteiger partial charge on any atom is -0.497 e. The number of benzene rings is 4. The number of nitrogens with zero attached hydrogens (tertiary/aromatic N) is 1. The first-order valence-electron chi connectivity index (χ1n) is 10.4. The maximum absolute atomic E-state index is 5.33. The number of methoxy groups -OCH3 is 1. The van der Waals surface area contributed by atoms with E-state index in [0.717, 1.165) is 17.0 Å². The van der Waals surface area contributed by atoms with E-state index in [0.29, 0.717) is 0 Å². The number of hydrogen-bond acceptors (Lipinski definition) is 1. The van der Waals surface area contributed by atoms with E-state index in [1.807, 2.05) is 18.2 Å². The highest BCUT2D eigenvalue weighted by molar-refractivity contribution is 6.11. The highest BCUT2D eigenvalue weighted by Crippen LogP contribution is 2.33. The standard InChI is InChI=1S/C29H23NO/c1-31-25-19-16-23(17-20-25)21-24(18-15-22-9-3-2-4-10-22)30-28-13-7-5-11-26(28)27-12-6-8-14-29(27)30/h2-21H,1H3/b18-15+,24-21-. The molecule has 2 heteroatoms. The molecule has 31 heavy (non-hydrogen) atoms. The second kappa shape index (κ2) is 8.37. The molecule has 4 aromatic carbocycles. The van der Waals surface area contributed by atoms with Crippen molar-refractivity contribution in [2.24, 2.45) is 0 Å². The molecule has 0 aliphatic rings. The third kappa shape index (κ3) is 3.76. The number of allylic oxidation sites excluding steroid dienone is 2. The lowest BCUT2D eigenvalue weighted by atomic mass is 10.1. The lowest BCUT2D eigenvalue weighted by molar-refractivity contribution is 0.415. The van der Waals surface area contributed by atoms with Crippen molar-refractivity contribution in [3.8, 4) is 5.75 Å². The van der Waals surface area contributed by atoms with E-state index in [1.165, 1.54) is 27.4 Å². The summed E-state index contributed by atoms with van der Waals surface area (Å²) < 4.78 is 7.67. The fourth-order valence-electron chi connectivity index (χ4n) is 4.00. The molecule has 0 bridgehead atoms. The van der Waals surface area contributed by atoms with Gasteiger partial charge in [-0.15, -0.1) is 0 Å². The Balaban J connectivity index is 1.73. The average molecular weight is 402 g/mol. The molecule has 150 valence electrons. The molecule has 0 unspecified atom stereocenters. The van der Waals surface area contributed by atoms with Crippen LogP contribution in [-0.2, 0) is 0 Å². The van der Waals surface area contributed by atoms with Crippen molar-refractivity contribution in [1.29, 1.82) is 0 Å². The van der Waals surface area contributed by atoms with E-state index in [-0.39, 0.29) is 0 Å². The van der Waals surface area contributed by atoms with Crippen molar-refractivity contribution in [3.63, 3.8) is 0 Å². The summed E-state index contributed by atoms with van der Waals surface area (Å²) in [5, 5.41) is 2.51.